The quantitative estimate of drug-likeness (QED) is 0.629. The first-order valence-corrected chi connectivity index (χ1v) is 11.0. The van der Waals surface area contributed by atoms with Gasteiger partial charge in [0, 0.05) is 32.5 Å². The number of carbonyl (C=O) groups is 1. The summed E-state index contributed by atoms with van der Waals surface area (Å²) in [5.74, 6) is -2.23. The molecule has 0 aliphatic carbocycles. The van der Waals surface area contributed by atoms with Gasteiger partial charge in [0.2, 0.25) is 10.0 Å². The van der Waals surface area contributed by atoms with E-state index in [9.17, 15) is 21.6 Å². The van der Waals surface area contributed by atoms with Crippen LogP contribution < -0.4 is 0 Å². The minimum absolute atomic E-state index is 0.154. The topological polar surface area (TPSA) is 106 Å². The van der Waals surface area contributed by atoms with Crippen molar-refractivity contribution in [2.45, 2.75) is 38.1 Å². The Morgan fingerprint density at radius 3 is 2.60 bits per heavy atom. The summed E-state index contributed by atoms with van der Waals surface area (Å²) in [4.78, 5) is 13.1. The zero-order valence-electron chi connectivity index (χ0n) is 16.5. The molecule has 2 fully saturated rings. The number of aromatic nitrogens is 1. The van der Waals surface area contributed by atoms with Crippen LogP contribution in [0, 0.1) is 5.92 Å². The van der Waals surface area contributed by atoms with Gasteiger partial charge in [-0.15, -0.1) is 0 Å². The van der Waals surface area contributed by atoms with Crippen molar-refractivity contribution in [3.05, 3.63) is 30.1 Å². The van der Waals surface area contributed by atoms with E-state index in [2.05, 4.69) is 4.98 Å². The molecule has 1 aromatic heterocycles. The summed E-state index contributed by atoms with van der Waals surface area (Å²) in [5.41, 5.74) is 0.644. The number of nitrogens with zero attached hydrogens (tertiary/aromatic N) is 2. The maximum atomic E-state index is 11.9. The van der Waals surface area contributed by atoms with E-state index in [-0.39, 0.29) is 11.4 Å². The second kappa shape index (κ2) is 10.0. The second-order valence-electron chi connectivity index (χ2n) is 7.03. The van der Waals surface area contributed by atoms with E-state index < -0.39 is 22.2 Å². The number of hydrogen-bond acceptors (Lipinski definition) is 6. The van der Waals surface area contributed by atoms with Crippen molar-refractivity contribution in [2.24, 2.45) is 5.92 Å². The lowest BCUT2D eigenvalue weighted by Crippen LogP contribution is -2.66. The average Bonchev–Trinajstić information content (AvgIpc) is 3.09. The van der Waals surface area contributed by atoms with Gasteiger partial charge in [0.25, 0.3) is 0 Å². The van der Waals surface area contributed by atoms with Crippen LogP contribution in [0.2, 0.25) is 0 Å². The lowest BCUT2D eigenvalue weighted by Gasteiger charge is -2.49. The van der Waals surface area contributed by atoms with Crippen LogP contribution in [-0.4, -0.2) is 72.6 Å². The molecule has 0 aromatic carbocycles. The number of sulfonamides is 1. The molecule has 1 unspecified atom stereocenters. The normalized spacial score (nSPS) is 21.0. The smallest absolute Gasteiger partial charge is 0.475 e. The summed E-state index contributed by atoms with van der Waals surface area (Å²) in [6, 6.07) is 5.78. The summed E-state index contributed by atoms with van der Waals surface area (Å²) in [6.07, 6.45) is -1.45. The standard InChI is InChI=1S/C16H24N2O4S.C2HF3O2/c1-2-23(19,20)18-12-16(13-18)14(7-10-22-16)6-9-21-11-15-5-3-4-8-17-15;3-2(4,5)1(6)7/h3-5,8,14H,2,6-7,9-13H2,1H3;(H,6,7). The van der Waals surface area contributed by atoms with Crippen LogP contribution in [0.15, 0.2) is 24.4 Å². The molecule has 2 aliphatic heterocycles. The second-order valence-corrected chi connectivity index (χ2v) is 9.29. The van der Waals surface area contributed by atoms with E-state index in [1.165, 1.54) is 0 Å². The zero-order valence-corrected chi connectivity index (χ0v) is 17.3. The molecule has 0 saturated carbocycles. The Labute approximate surface area is 173 Å². The van der Waals surface area contributed by atoms with Crippen molar-refractivity contribution in [3.8, 4) is 0 Å². The highest BCUT2D eigenvalue weighted by molar-refractivity contribution is 7.89. The maximum Gasteiger partial charge on any atom is 0.490 e. The fourth-order valence-electron chi connectivity index (χ4n) is 3.36. The Morgan fingerprint density at radius 2 is 2.07 bits per heavy atom. The number of carboxylic acid groups (broad SMARTS) is 1. The van der Waals surface area contributed by atoms with Gasteiger partial charge in [0.05, 0.1) is 23.7 Å². The molecule has 3 heterocycles. The van der Waals surface area contributed by atoms with Crippen molar-refractivity contribution in [1.29, 1.82) is 0 Å². The number of aliphatic carboxylic acids is 1. The maximum absolute atomic E-state index is 11.9. The van der Waals surface area contributed by atoms with Crippen LogP contribution in [0.4, 0.5) is 13.2 Å². The summed E-state index contributed by atoms with van der Waals surface area (Å²) < 4.78 is 68.7. The third-order valence-electron chi connectivity index (χ3n) is 5.08. The molecule has 1 N–H and O–H groups in total. The van der Waals surface area contributed by atoms with Crippen molar-refractivity contribution in [2.75, 3.05) is 32.1 Å². The predicted octanol–water partition coefficient (Wildman–Crippen LogP) is 2.06. The largest absolute Gasteiger partial charge is 0.490 e. The van der Waals surface area contributed by atoms with Gasteiger partial charge in [-0.2, -0.15) is 17.5 Å². The first kappa shape index (κ1) is 24.5. The van der Waals surface area contributed by atoms with Crippen LogP contribution in [0.5, 0.6) is 0 Å². The molecule has 30 heavy (non-hydrogen) atoms. The summed E-state index contributed by atoms with van der Waals surface area (Å²) in [5, 5.41) is 7.12. The first-order valence-electron chi connectivity index (χ1n) is 9.40. The summed E-state index contributed by atoms with van der Waals surface area (Å²) in [7, 11) is -3.10. The van der Waals surface area contributed by atoms with Gasteiger partial charge >= 0.3 is 12.1 Å². The van der Waals surface area contributed by atoms with E-state index >= 15 is 0 Å². The molecule has 1 atom stereocenters. The highest BCUT2D eigenvalue weighted by atomic mass is 32.2. The number of carboxylic acids is 1. The number of pyridine rings is 1. The lowest BCUT2D eigenvalue weighted by atomic mass is 9.80. The number of rotatable bonds is 7. The fourth-order valence-corrected chi connectivity index (χ4v) is 4.55. The zero-order chi connectivity index (χ0) is 22.4. The van der Waals surface area contributed by atoms with E-state index in [0.717, 1.165) is 18.5 Å². The third kappa shape index (κ3) is 6.37. The molecule has 2 saturated heterocycles. The van der Waals surface area contributed by atoms with E-state index in [1.807, 2.05) is 18.2 Å². The Kier molecular flexibility index (Phi) is 8.20. The van der Waals surface area contributed by atoms with Gasteiger partial charge in [0.1, 0.15) is 0 Å². The minimum atomic E-state index is -5.08. The molecule has 1 aromatic rings. The van der Waals surface area contributed by atoms with Crippen molar-refractivity contribution in [1.82, 2.24) is 9.29 Å². The van der Waals surface area contributed by atoms with Crippen LogP contribution in [0.25, 0.3) is 0 Å². The molecule has 12 heteroatoms. The first-order chi connectivity index (χ1) is 14.0. The Hall–Kier alpha value is -1.76. The molecular weight excluding hydrogens is 429 g/mol. The van der Waals surface area contributed by atoms with E-state index in [0.29, 0.717) is 38.8 Å². The van der Waals surface area contributed by atoms with Gasteiger partial charge in [0.15, 0.2) is 0 Å². The number of ether oxygens (including phenoxy) is 2. The van der Waals surface area contributed by atoms with Crippen molar-refractivity contribution in [3.63, 3.8) is 0 Å². The number of alkyl halides is 3. The molecule has 170 valence electrons. The Morgan fingerprint density at radius 1 is 1.40 bits per heavy atom. The third-order valence-corrected chi connectivity index (χ3v) is 6.85. The Bertz CT molecular complexity index is 798. The van der Waals surface area contributed by atoms with Crippen LogP contribution >= 0.6 is 0 Å². The van der Waals surface area contributed by atoms with E-state index in [4.69, 9.17) is 19.4 Å². The van der Waals surface area contributed by atoms with Crippen molar-refractivity contribution >= 4 is 16.0 Å². The van der Waals surface area contributed by atoms with Gasteiger partial charge in [-0.1, -0.05) is 6.07 Å². The Balaban J connectivity index is 0.000000396. The van der Waals surface area contributed by atoms with Crippen molar-refractivity contribution < 1.29 is 41.0 Å². The minimum Gasteiger partial charge on any atom is -0.475 e. The van der Waals surface area contributed by atoms with Gasteiger partial charge in [-0.3, -0.25) is 4.98 Å². The predicted molar refractivity (Wildman–Crippen MR) is 100 cm³/mol. The molecule has 8 nitrogen and oxygen atoms in total. The summed E-state index contributed by atoms with van der Waals surface area (Å²) >= 11 is 0. The molecule has 0 bridgehead atoms. The number of hydrogen-bond donors (Lipinski definition) is 1. The lowest BCUT2D eigenvalue weighted by molar-refractivity contribution is -0.192. The molecule has 2 aliphatic rings. The van der Waals surface area contributed by atoms with Crippen LogP contribution in [0.3, 0.4) is 0 Å². The van der Waals surface area contributed by atoms with Gasteiger partial charge in [-0.05, 0) is 37.8 Å². The average molecular weight is 454 g/mol. The van der Waals surface area contributed by atoms with Gasteiger partial charge in [-0.25, -0.2) is 13.2 Å². The number of halogens is 3. The molecule has 1 spiro atoms. The molecule has 0 radical (unpaired) electrons. The highest BCUT2D eigenvalue weighted by Gasteiger charge is 2.55. The van der Waals surface area contributed by atoms with Gasteiger partial charge < -0.3 is 14.6 Å². The molecule has 0 amide bonds. The molecule has 3 rings (SSSR count). The van der Waals surface area contributed by atoms with E-state index in [1.54, 1.807) is 17.4 Å². The fraction of sp³-hybridized carbons (Fsp3) is 0.667. The highest BCUT2D eigenvalue weighted by Crippen LogP contribution is 2.42. The monoisotopic (exact) mass is 454 g/mol. The summed E-state index contributed by atoms with van der Waals surface area (Å²) in [6.45, 7) is 4.54. The van der Waals surface area contributed by atoms with Crippen LogP contribution in [-0.2, 0) is 30.9 Å². The SMILES string of the molecule is CCS(=O)(=O)N1CC2(C1)OCCC2CCOCc1ccccn1.O=C(O)C(F)(F)F. The molecular formula is C18H25F3N2O6S. The van der Waals surface area contributed by atoms with Crippen LogP contribution in [0.1, 0.15) is 25.5 Å².